The second-order valence-electron chi connectivity index (χ2n) is 10.9. The molecule has 2 fully saturated rings. The zero-order valence-electron chi connectivity index (χ0n) is 18.4. The number of rotatable bonds is 4. The molecule has 27 heavy (non-hydrogen) atoms. The molecule has 156 valence electrons. The molecule has 0 saturated heterocycles. The molecular weight excluding hydrogens is 358 g/mol. The zero-order chi connectivity index (χ0) is 20.6. The van der Waals surface area contributed by atoms with Crippen LogP contribution in [0.3, 0.4) is 0 Å². The maximum absolute atomic E-state index is 12.1. The molecule has 1 unspecified atom stereocenters. The fourth-order valence-corrected chi connectivity index (χ4v) is 5.64. The molecule has 0 heterocycles. The molecule has 0 bridgehead atoms. The van der Waals surface area contributed by atoms with Crippen LogP contribution in [0.2, 0.25) is 18.1 Å². The first kappa shape index (κ1) is 22.4. The van der Waals surface area contributed by atoms with Gasteiger partial charge in [-0.3, -0.25) is 0 Å². The number of hydrogen-bond donors (Lipinski definition) is 1. The second-order valence-corrected chi connectivity index (χ2v) is 15.7. The van der Waals surface area contributed by atoms with Crippen LogP contribution in [-0.2, 0) is 14.0 Å². The molecule has 0 aromatic heterocycles. The Labute approximate surface area is 166 Å². The summed E-state index contributed by atoms with van der Waals surface area (Å²) in [5.74, 6) is 0.809. The first-order chi connectivity index (χ1) is 12.2. The largest absolute Gasteiger partial charge is 0.444 e. The third-order valence-corrected chi connectivity index (χ3v) is 11.1. The van der Waals surface area contributed by atoms with Gasteiger partial charge in [-0.25, -0.2) is 4.79 Å². The number of fused-ring (bicyclic) bond motifs is 1. The molecule has 2 aliphatic carbocycles. The Hall–Kier alpha value is -0.883. The van der Waals surface area contributed by atoms with Crippen molar-refractivity contribution in [2.45, 2.75) is 103 Å². The van der Waals surface area contributed by atoms with E-state index in [0.29, 0.717) is 11.8 Å². The lowest BCUT2D eigenvalue weighted by Crippen LogP contribution is -2.45. The molecule has 0 spiro atoms. The molecular formula is C21H39NO4Si. The summed E-state index contributed by atoms with van der Waals surface area (Å²) in [5.41, 5.74) is -0.487. The molecule has 0 aromatic carbocycles. The SMILES string of the molecule is CC(C)(C)OC(=O)NC1CC[C@@H]2[C@@H](C1)C[C@H](O[Si](C)(C)C(C)(C)C)[C@H]2C=O. The first-order valence-electron chi connectivity index (χ1n) is 10.4. The van der Waals surface area contributed by atoms with Crippen molar-refractivity contribution in [1.82, 2.24) is 5.32 Å². The van der Waals surface area contributed by atoms with Gasteiger partial charge in [0, 0.05) is 12.0 Å². The molecule has 1 N–H and O–H groups in total. The molecule has 2 saturated carbocycles. The smallest absolute Gasteiger partial charge is 0.407 e. The summed E-state index contributed by atoms with van der Waals surface area (Å²) in [6, 6.07) is 0.125. The molecule has 5 nitrogen and oxygen atoms in total. The number of hydrogen-bond acceptors (Lipinski definition) is 4. The molecule has 0 radical (unpaired) electrons. The normalized spacial score (nSPS) is 31.9. The van der Waals surface area contributed by atoms with E-state index in [2.05, 4.69) is 39.2 Å². The van der Waals surface area contributed by atoms with Gasteiger partial charge < -0.3 is 19.3 Å². The van der Waals surface area contributed by atoms with Gasteiger partial charge in [0.05, 0.1) is 6.10 Å². The Kier molecular flexibility index (Phi) is 6.52. The zero-order valence-corrected chi connectivity index (χ0v) is 19.4. The van der Waals surface area contributed by atoms with Crippen molar-refractivity contribution < 1.29 is 18.8 Å². The number of ether oxygens (including phenoxy) is 1. The predicted molar refractivity (Wildman–Crippen MR) is 110 cm³/mol. The van der Waals surface area contributed by atoms with Crippen LogP contribution >= 0.6 is 0 Å². The highest BCUT2D eigenvalue weighted by Crippen LogP contribution is 2.49. The van der Waals surface area contributed by atoms with Crippen LogP contribution in [0.25, 0.3) is 0 Å². The van der Waals surface area contributed by atoms with E-state index in [1.165, 1.54) is 0 Å². The third kappa shape index (κ3) is 5.56. The Bertz CT molecular complexity index is 549. The van der Waals surface area contributed by atoms with Crippen molar-refractivity contribution in [3.8, 4) is 0 Å². The van der Waals surface area contributed by atoms with Gasteiger partial charge in [-0.05, 0) is 76.4 Å². The van der Waals surface area contributed by atoms with Crippen LogP contribution in [0.15, 0.2) is 0 Å². The maximum Gasteiger partial charge on any atom is 0.407 e. The summed E-state index contributed by atoms with van der Waals surface area (Å²) in [4.78, 5) is 24.0. The van der Waals surface area contributed by atoms with Crippen molar-refractivity contribution in [3.05, 3.63) is 0 Å². The first-order valence-corrected chi connectivity index (χ1v) is 13.3. The predicted octanol–water partition coefficient (Wildman–Crippen LogP) is 4.91. The Morgan fingerprint density at radius 1 is 1.07 bits per heavy atom. The number of carbonyl (C=O) groups excluding carboxylic acids is 2. The molecule has 0 aromatic rings. The highest BCUT2D eigenvalue weighted by atomic mass is 28.4. The Morgan fingerprint density at radius 2 is 1.70 bits per heavy atom. The van der Waals surface area contributed by atoms with Crippen molar-refractivity contribution in [1.29, 1.82) is 0 Å². The second kappa shape index (κ2) is 7.86. The van der Waals surface area contributed by atoms with E-state index in [-0.39, 0.29) is 29.2 Å². The van der Waals surface area contributed by atoms with Crippen LogP contribution in [0.1, 0.15) is 67.2 Å². The number of nitrogens with one attached hydrogen (secondary N) is 1. The van der Waals surface area contributed by atoms with Crippen LogP contribution in [0, 0.1) is 17.8 Å². The standard InChI is InChI=1S/C21H39NO4Si/c1-20(2,3)25-19(24)22-15-9-10-16-14(11-15)12-18(17(16)13-23)26-27(7,8)21(4,5)6/h13-18H,9-12H2,1-8H3,(H,22,24)/t14-,15?,16+,17-,18-/m0/s1. The van der Waals surface area contributed by atoms with E-state index in [9.17, 15) is 9.59 Å². The van der Waals surface area contributed by atoms with Crippen molar-refractivity contribution >= 4 is 20.7 Å². The van der Waals surface area contributed by atoms with Crippen LogP contribution in [0.4, 0.5) is 4.79 Å². The molecule has 0 aliphatic heterocycles. The van der Waals surface area contributed by atoms with Gasteiger partial charge in [0.2, 0.25) is 0 Å². The number of aldehydes is 1. The lowest BCUT2D eigenvalue weighted by molar-refractivity contribution is -0.114. The Morgan fingerprint density at radius 3 is 2.22 bits per heavy atom. The van der Waals surface area contributed by atoms with Crippen LogP contribution < -0.4 is 5.32 Å². The minimum Gasteiger partial charge on any atom is -0.444 e. The van der Waals surface area contributed by atoms with E-state index in [1.54, 1.807) is 0 Å². The van der Waals surface area contributed by atoms with E-state index in [4.69, 9.17) is 9.16 Å². The number of amides is 1. The molecule has 1 amide bonds. The highest BCUT2D eigenvalue weighted by molar-refractivity contribution is 6.74. The highest BCUT2D eigenvalue weighted by Gasteiger charge is 2.50. The van der Waals surface area contributed by atoms with Gasteiger partial charge >= 0.3 is 6.09 Å². The van der Waals surface area contributed by atoms with Crippen molar-refractivity contribution in [2.24, 2.45) is 17.8 Å². The monoisotopic (exact) mass is 397 g/mol. The van der Waals surface area contributed by atoms with Gasteiger partial charge in [-0.2, -0.15) is 0 Å². The Balaban J connectivity index is 2.00. The van der Waals surface area contributed by atoms with Gasteiger partial charge in [0.1, 0.15) is 11.9 Å². The van der Waals surface area contributed by atoms with Gasteiger partial charge in [0.25, 0.3) is 0 Å². The fraction of sp³-hybridized carbons (Fsp3) is 0.905. The summed E-state index contributed by atoms with van der Waals surface area (Å²) >= 11 is 0. The average molecular weight is 398 g/mol. The van der Waals surface area contributed by atoms with Crippen molar-refractivity contribution in [2.75, 3.05) is 0 Å². The summed E-state index contributed by atoms with van der Waals surface area (Å²) in [7, 11) is -1.91. The molecule has 2 aliphatic rings. The topological polar surface area (TPSA) is 64.6 Å². The summed E-state index contributed by atoms with van der Waals surface area (Å²) in [6.07, 6.45) is 4.51. The van der Waals surface area contributed by atoms with E-state index < -0.39 is 13.9 Å². The van der Waals surface area contributed by atoms with Gasteiger partial charge in [-0.1, -0.05) is 20.8 Å². The average Bonchev–Trinajstić information content (AvgIpc) is 2.79. The van der Waals surface area contributed by atoms with E-state index >= 15 is 0 Å². The lowest BCUT2D eigenvalue weighted by Gasteiger charge is -2.39. The number of carbonyl (C=O) groups is 2. The minimum atomic E-state index is -1.91. The fourth-order valence-electron chi connectivity index (χ4n) is 4.27. The van der Waals surface area contributed by atoms with E-state index in [0.717, 1.165) is 32.0 Å². The van der Waals surface area contributed by atoms with Gasteiger partial charge in [0.15, 0.2) is 8.32 Å². The summed E-state index contributed by atoms with van der Waals surface area (Å²) < 4.78 is 12.0. The minimum absolute atomic E-state index is 0.00778. The van der Waals surface area contributed by atoms with Crippen LogP contribution in [-0.4, -0.2) is 38.4 Å². The molecule has 6 heteroatoms. The van der Waals surface area contributed by atoms with Gasteiger partial charge in [-0.15, -0.1) is 0 Å². The molecule has 5 atom stereocenters. The number of alkyl carbamates (subject to hydrolysis) is 1. The van der Waals surface area contributed by atoms with Crippen LogP contribution in [0.5, 0.6) is 0 Å². The van der Waals surface area contributed by atoms with E-state index in [1.807, 2.05) is 20.8 Å². The van der Waals surface area contributed by atoms with Crippen molar-refractivity contribution in [3.63, 3.8) is 0 Å². The summed E-state index contributed by atoms with van der Waals surface area (Å²) in [5, 5.41) is 3.16. The molecule has 2 rings (SSSR count). The lowest BCUT2D eigenvalue weighted by atomic mass is 9.76. The summed E-state index contributed by atoms with van der Waals surface area (Å²) in [6.45, 7) is 16.8. The third-order valence-electron chi connectivity index (χ3n) is 6.63. The maximum atomic E-state index is 12.1. The quantitative estimate of drug-likeness (QED) is 0.541.